The van der Waals surface area contributed by atoms with Crippen molar-refractivity contribution in [3.8, 4) is 0 Å². The van der Waals surface area contributed by atoms with Crippen molar-refractivity contribution in [3.63, 3.8) is 0 Å². The smallest absolute Gasteiger partial charge is 0.443 e. The summed E-state index contributed by atoms with van der Waals surface area (Å²) in [5.41, 5.74) is -2.35. The van der Waals surface area contributed by atoms with Crippen molar-refractivity contribution in [2.75, 3.05) is 0 Å². The number of benzene rings is 1. The molecular formula is C16H14F7NO2. The predicted octanol–water partition coefficient (Wildman–Crippen LogP) is 5.71. The van der Waals surface area contributed by atoms with Crippen LogP contribution >= 0.6 is 0 Å². The van der Waals surface area contributed by atoms with Crippen molar-refractivity contribution >= 4 is 17.0 Å². The van der Waals surface area contributed by atoms with E-state index in [1.165, 1.54) is 0 Å². The number of rotatable bonds is 2. The van der Waals surface area contributed by atoms with Gasteiger partial charge in [0.25, 0.3) is 0 Å². The number of ether oxygens (including phenoxy) is 1. The van der Waals surface area contributed by atoms with E-state index in [0.717, 1.165) is 22.9 Å². The van der Waals surface area contributed by atoms with Gasteiger partial charge in [0, 0.05) is 17.1 Å². The van der Waals surface area contributed by atoms with Gasteiger partial charge in [-0.1, -0.05) is 6.07 Å². The molecule has 0 saturated carbocycles. The van der Waals surface area contributed by atoms with Gasteiger partial charge in [-0.15, -0.1) is 0 Å². The first kappa shape index (κ1) is 20.1. The van der Waals surface area contributed by atoms with Gasteiger partial charge in [0.2, 0.25) is 0 Å². The SMILES string of the molecule is CC(C)(C)OC(=O)n1ccc2cc(C(F)(F)C(F)(F)C(F)(F)F)ccc21. The molecule has 0 bridgehead atoms. The van der Waals surface area contributed by atoms with E-state index in [-0.39, 0.29) is 10.9 Å². The van der Waals surface area contributed by atoms with Crippen LogP contribution in [0.4, 0.5) is 35.5 Å². The Morgan fingerprint density at radius 3 is 2.04 bits per heavy atom. The fraction of sp³-hybridized carbons (Fsp3) is 0.438. The topological polar surface area (TPSA) is 31.2 Å². The summed E-state index contributed by atoms with van der Waals surface area (Å²) in [4.78, 5) is 12.0. The summed E-state index contributed by atoms with van der Waals surface area (Å²) in [7, 11) is 0. The van der Waals surface area contributed by atoms with Crippen molar-refractivity contribution in [3.05, 3.63) is 36.0 Å². The lowest BCUT2D eigenvalue weighted by Gasteiger charge is -2.28. The summed E-state index contributed by atoms with van der Waals surface area (Å²) < 4.78 is 96.8. The van der Waals surface area contributed by atoms with E-state index in [9.17, 15) is 35.5 Å². The van der Waals surface area contributed by atoms with Crippen molar-refractivity contribution in [1.29, 1.82) is 0 Å². The minimum absolute atomic E-state index is 0.0223. The molecule has 1 aromatic heterocycles. The summed E-state index contributed by atoms with van der Waals surface area (Å²) >= 11 is 0. The summed E-state index contributed by atoms with van der Waals surface area (Å²) in [6, 6.07) is 2.89. The lowest BCUT2D eigenvalue weighted by Crippen LogP contribution is -2.50. The third-order valence-electron chi connectivity index (χ3n) is 3.39. The number of hydrogen-bond donors (Lipinski definition) is 0. The molecule has 0 saturated heterocycles. The van der Waals surface area contributed by atoms with Crippen LogP contribution in [0.25, 0.3) is 10.9 Å². The first-order chi connectivity index (χ1) is 11.6. The number of carbonyl (C=O) groups is 1. The van der Waals surface area contributed by atoms with Gasteiger partial charge in [-0.05, 0) is 39.0 Å². The Labute approximate surface area is 143 Å². The van der Waals surface area contributed by atoms with Crippen molar-refractivity contribution in [2.24, 2.45) is 0 Å². The summed E-state index contributed by atoms with van der Waals surface area (Å²) in [5.74, 6) is -11.7. The highest BCUT2D eigenvalue weighted by atomic mass is 19.4. The van der Waals surface area contributed by atoms with E-state index in [4.69, 9.17) is 4.74 Å². The van der Waals surface area contributed by atoms with Gasteiger partial charge in [-0.2, -0.15) is 30.7 Å². The minimum atomic E-state index is -6.42. The fourth-order valence-corrected chi connectivity index (χ4v) is 2.17. The predicted molar refractivity (Wildman–Crippen MR) is 78.5 cm³/mol. The monoisotopic (exact) mass is 385 g/mol. The number of nitrogens with zero attached hydrogens (tertiary/aromatic N) is 1. The maximum absolute atomic E-state index is 13.8. The maximum Gasteiger partial charge on any atom is 0.460 e. The Kier molecular flexibility index (Phi) is 4.54. The quantitative estimate of drug-likeness (QED) is 0.620. The van der Waals surface area contributed by atoms with Gasteiger partial charge in [-0.25, -0.2) is 4.79 Å². The lowest BCUT2D eigenvalue weighted by molar-refractivity contribution is -0.359. The third kappa shape index (κ3) is 3.36. The largest absolute Gasteiger partial charge is 0.460 e. The second kappa shape index (κ2) is 5.88. The Bertz CT molecular complexity index is 831. The molecule has 0 radical (unpaired) electrons. The molecule has 26 heavy (non-hydrogen) atoms. The van der Waals surface area contributed by atoms with E-state index >= 15 is 0 Å². The van der Waals surface area contributed by atoms with Gasteiger partial charge in [0.05, 0.1) is 5.52 Å². The van der Waals surface area contributed by atoms with Gasteiger partial charge in [0.15, 0.2) is 0 Å². The Hall–Kier alpha value is -2.26. The molecule has 0 aliphatic heterocycles. The van der Waals surface area contributed by atoms with Crippen molar-refractivity contribution < 1.29 is 40.3 Å². The zero-order valence-corrected chi connectivity index (χ0v) is 13.8. The molecule has 0 aliphatic rings. The zero-order chi connectivity index (χ0) is 20.1. The van der Waals surface area contributed by atoms with Gasteiger partial charge in [-0.3, -0.25) is 4.57 Å². The maximum atomic E-state index is 13.8. The number of carbonyl (C=O) groups excluding carboxylic acids is 1. The van der Waals surface area contributed by atoms with Gasteiger partial charge < -0.3 is 4.74 Å². The molecule has 0 spiro atoms. The van der Waals surface area contributed by atoms with E-state index < -0.39 is 35.3 Å². The molecule has 0 atom stereocenters. The highest BCUT2D eigenvalue weighted by molar-refractivity contribution is 5.90. The molecule has 2 aromatic rings. The zero-order valence-electron chi connectivity index (χ0n) is 13.8. The molecule has 0 amide bonds. The second-order valence-electron chi connectivity index (χ2n) is 6.59. The number of hydrogen-bond acceptors (Lipinski definition) is 2. The highest BCUT2D eigenvalue weighted by Gasteiger charge is 2.73. The Morgan fingerprint density at radius 2 is 1.54 bits per heavy atom. The van der Waals surface area contributed by atoms with E-state index in [1.807, 2.05) is 0 Å². The summed E-state index contributed by atoms with van der Waals surface area (Å²) in [5, 5.41) is -0.119. The molecule has 0 fully saturated rings. The molecule has 3 nitrogen and oxygen atoms in total. The fourth-order valence-electron chi connectivity index (χ4n) is 2.17. The average Bonchev–Trinajstić information content (AvgIpc) is 2.86. The molecule has 0 aliphatic carbocycles. The van der Waals surface area contributed by atoms with Crippen molar-refractivity contribution in [1.82, 2.24) is 4.57 Å². The molecule has 0 N–H and O–H groups in total. The van der Waals surface area contributed by atoms with Crippen LogP contribution in [0.3, 0.4) is 0 Å². The van der Waals surface area contributed by atoms with Crippen molar-refractivity contribution in [2.45, 2.75) is 44.4 Å². The normalized spacial score (nSPS) is 13.9. The summed E-state index contributed by atoms with van der Waals surface area (Å²) in [6.45, 7) is 4.78. The molecule has 144 valence electrons. The van der Waals surface area contributed by atoms with Gasteiger partial charge >= 0.3 is 24.1 Å². The number of alkyl halides is 7. The van der Waals surface area contributed by atoms with Crippen LogP contribution in [-0.2, 0) is 10.7 Å². The third-order valence-corrected chi connectivity index (χ3v) is 3.39. The first-order valence-electron chi connectivity index (χ1n) is 7.25. The number of aromatic nitrogens is 1. The van der Waals surface area contributed by atoms with Crippen LogP contribution in [0.2, 0.25) is 0 Å². The summed E-state index contributed by atoms with van der Waals surface area (Å²) in [6.07, 6.45) is -6.14. The highest BCUT2D eigenvalue weighted by Crippen LogP contribution is 2.52. The molecule has 1 heterocycles. The van der Waals surface area contributed by atoms with Crippen LogP contribution < -0.4 is 0 Å². The Balaban J connectivity index is 2.47. The van der Waals surface area contributed by atoms with Crippen LogP contribution in [0, 0.1) is 0 Å². The molecule has 0 unspecified atom stereocenters. The molecule has 1 aromatic carbocycles. The minimum Gasteiger partial charge on any atom is -0.443 e. The van der Waals surface area contributed by atoms with Crippen LogP contribution in [-0.4, -0.2) is 28.4 Å². The Morgan fingerprint density at radius 1 is 0.962 bits per heavy atom. The molecular weight excluding hydrogens is 371 g/mol. The van der Waals surface area contributed by atoms with E-state index in [2.05, 4.69) is 0 Å². The standard InChI is InChI=1S/C16H14F7NO2/c1-13(2,3)26-12(25)24-7-6-9-8-10(4-5-11(9)24)14(17,18)15(19,20)16(21,22)23/h4-8H,1-3H3. The average molecular weight is 385 g/mol. The van der Waals surface area contributed by atoms with Crippen LogP contribution in [0.15, 0.2) is 30.5 Å². The van der Waals surface area contributed by atoms with Crippen LogP contribution in [0.5, 0.6) is 0 Å². The number of halogens is 7. The number of fused-ring (bicyclic) bond motifs is 1. The van der Waals surface area contributed by atoms with E-state index in [0.29, 0.717) is 12.1 Å². The lowest BCUT2D eigenvalue weighted by atomic mass is 10.0. The second-order valence-corrected chi connectivity index (χ2v) is 6.59. The first-order valence-corrected chi connectivity index (χ1v) is 7.25. The van der Waals surface area contributed by atoms with Crippen LogP contribution in [0.1, 0.15) is 26.3 Å². The molecule has 10 heteroatoms. The van der Waals surface area contributed by atoms with E-state index in [1.54, 1.807) is 20.8 Å². The van der Waals surface area contributed by atoms with Gasteiger partial charge in [0.1, 0.15) is 5.60 Å². The molecule has 2 rings (SSSR count).